The van der Waals surface area contributed by atoms with Crippen LogP contribution in [0.1, 0.15) is 139 Å². The van der Waals surface area contributed by atoms with Crippen molar-refractivity contribution in [1.82, 2.24) is 9.80 Å². The molecule has 322 valence electrons. The summed E-state index contributed by atoms with van der Waals surface area (Å²) in [5.41, 5.74) is 0.284. The molecule has 8 fully saturated rings. The quantitative estimate of drug-likeness (QED) is 0.111. The number of ether oxygens (including phenoxy) is 4. The summed E-state index contributed by atoms with van der Waals surface area (Å²) >= 11 is 0. The fourth-order valence-electron chi connectivity index (χ4n) is 16.2. The van der Waals surface area contributed by atoms with Crippen LogP contribution < -0.4 is 0 Å². The lowest BCUT2D eigenvalue weighted by Crippen LogP contribution is -2.68. The van der Waals surface area contributed by atoms with E-state index in [1.165, 1.54) is 51.4 Å². The largest absolute Gasteiger partial charge is 0.464 e. The smallest absolute Gasteiger partial charge is 0.310 e. The highest BCUT2D eigenvalue weighted by atomic mass is 16.6. The average Bonchev–Trinajstić information content (AvgIpc) is 3.79. The second kappa shape index (κ2) is 14.7. The van der Waals surface area contributed by atoms with E-state index in [0.717, 1.165) is 58.4 Å². The predicted molar refractivity (Wildman–Crippen MR) is 220 cm³/mol. The minimum atomic E-state index is -0.404. The van der Waals surface area contributed by atoms with E-state index in [4.69, 9.17) is 18.9 Å². The van der Waals surface area contributed by atoms with E-state index in [1.54, 1.807) is 7.11 Å². The highest BCUT2D eigenvalue weighted by Crippen LogP contribution is 2.79. The van der Waals surface area contributed by atoms with Crippen molar-refractivity contribution >= 4 is 18.3 Å². The third-order valence-corrected chi connectivity index (χ3v) is 20.3. The Labute approximate surface area is 344 Å². The summed E-state index contributed by atoms with van der Waals surface area (Å²) in [5, 5.41) is 0. The molecular formula is C48H78N2O7. The molecule has 9 nitrogen and oxygen atoms in total. The van der Waals surface area contributed by atoms with Crippen LogP contribution in [-0.4, -0.2) is 100 Å². The van der Waals surface area contributed by atoms with E-state index >= 15 is 4.79 Å². The van der Waals surface area contributed by atoms with Crippen molar-refractivity contribution in [2.24, 2.45) is 73.4 Å². The van der Waals surface area contributed by atoms with Gasteiger partial charge in [0.1, 0.15) is 12.2 Å². The third kappa shape index (κ3) is 6.40. The Hall–Kier alpha value is -1.71. The molecule has 7 aliphatic carbocycles. The Balaban J connectivity index is 0.989. The maximum absolute atomic E-state index is 15.2. The van der Waals surface area contributed by atoms with Crippen LogP contribution in [0.15, 0.2) is 0 Å². The van der Waals surface area contributed by atoms with Crippen molar-refractivity contribution < 1.29 is 33.3 Å². The van der Waals surface area contributed by atoms with Crippen LogP contribution in [0.2, 0.25) is 0 Å². The van der Waals surface area contributed by atoms with Crippen molar-refractivity contribution in [3.63, 3.8) is 0 Å². The van der Waals surface area contributed by atoms with Gasteiger partial charge in [0.2, 0.25) is 5.91 Å². The molecule has 0 radical (unpaired) electrons. The lowest BCUT2D eigenvalue weighted by Gasteiger charge is -2.73. The van der Waals surface area contributed by atoms with Crippen LogP contribution in [0.4, 0.5) is 0 Å². The van der Waals surface area contributed by atoms with Gasteiger partial charge in [-0.1, -0.05) is 55.4 Å². The lowest BCUT2D eigenvalue weighted by molar-refractivity contribution is -0.253. The van der Waals surface area contributed by atoms with Gasteiger partial charge in [0, 0.05) is 50.7 Å². The van der Waals surface area contributed by atoms with Crippen molar-refractivity contribution in [3.05, 3.63) is 0 Å². The Morgan fingerprint density at radius 1 is 0.684 bits per heavy atom. The number of fused-ring (bicyclic) bond motifs is 7. The summed E-state index contributed by atoms with van der Waals surface area (Å²) in [6.45, 7) is 26.4. The van der Waals surface area contributed by atoms with Crippen molar-refractivity contribution in [2.75, 3.05) is 59.7 Å². The number of carbonyl (C=O) groups excluding carboxylic acids is 3. The Kier molecular flexibility index (Phi) is 10.9. The Bertz CT molecular complexity index is 1540. The van der Waals surface area contributed by atoms with Gasteiger partial charge in [-0.2, -0.15) is 0 Å². The van der Waals surface area contributed by atoms with Gasteiger partial charge in [0.15, 0.2) is 0 Å². The SMILES string of the molecule is COCCOCCN1CCN(C(=O)[C@]23CC[C@@H](C4(C)CC4)[C@@H]2[C@H]2CC[C@@H]4[C@@]5(C)CC[C@H](OC(=O)[C@H]6C[C@@H](OC=O)C6(C)C)C(C)(C)[C@@H]5CC[C@@]4(C)[C@]2(C)CC3)CC1. The van der Waals surface area contributed by atoms with Crippen molar-refractivity contribution in [2.45, 2.75) is 151 Å². The van der Waals surface area contributed by atoms with Crippen LogP contribution in [-0.2, 0) is 33.3 Å². The van der Waals surface area contributed by atoms with Crippen molar-refractivity contribution in [3.8, 4) is 0 Å². The maximum atomic E-state index is 15.2. The molecule has 7 saturated carbocycles. The van der Waals surface area contributed by atoms with Crippen LogP contribution >= 0.6 is 0 Å². The number of methoxy groups -OCH3 is 1. The van der Waals surface area contributed by atoms with Gasteiger partial charge in [-0.3, -0.25) is 19.3 Å². The number of piperazine rings is 1. The van der Waals surface area contributed by atoms with Crippen LogP contribution in [0, 0.1) is 73.4 Å². The highest BCUT2D eigenvalue weighted by molar-refractivity contribution is 5.84. The van der Waals surface area contributed by atoms with Gasteiger partial charge in [-0.15, -0.1) is 0 Å². The molecule has 0 aromatic carbocycles. The average molecular weight is 795 g/mol. The molecule has 8 aliphatic rings. The minimum Gasteiger partial charge on any atom is -0.464 e. The summed E-state index contributed by atoms with van der Waals surface area (Å²) in [5.74, 6) is 3.02. The van der Waals surface area contributed by atoms with E-state index < -0.39 is 5.41 Å². The van der Waals surface area contributed by atoms with Crippen LogP contribution in [0.5, 0.6) is 0 Å². The standard InChI is InChI=1S/C48H78N2O7/c1-42(2)34(30-38(42)56-31-51)40(52)57-37-14-15-45(6)35(43(37,3)4)13-16-47(8)36(45)11-10-33-39-32(44(5)18-19-44)12-17-48(39,21-20-46(33,47)7)41(53)50-24-22-49(23-25-50)26-27-55-29-28-54-9/h31-39H,10-30H2,1-9H3/t32-,33-,34-,35+,36-,37+,38-,39-,45+,46-,47-,48+/m1/s1. The molecule has 12 atom stereocenters. The zero-order valence-electron chi connectivity index (χ0n) is 37.3. The molecule has 0 spiro atoms. The molecule has 0 unspecified atom stereocenters. The van der Waals surface area contributed by atoms with E-state index in [1.807, 2.05) is 13.8 Å². The van der Waals surface area contributed by atoms with Gasteiger partial charge in [-0.25, -0.2) is 0 Å². The first kappa shape index (κ1) is 42.0. The second-order valence-corrected chi connectivity index (χ2v) is 23.0. The van der Waals surface area contributed by atoms with Gasteiger partial charge in [0.05, 0.1) is 31.2 Å². The number of amides is 1. The zero-order chi connectivity index (χ0) is 40.8. The third-order valence-electron chi connectivity index (χ3n) is 20.3. The molecule has 1 amide bonds. The van der Waals surface area contributed by atoms with E-state index in [2.05, 4.69) is 51.3 Å². The van der Waals surface area contributed by atoms with E-state index in [-0.39, 0.29) is 51.2 Å². The van der Waals surface area contributed by atoms with E-state index in [9.17, 15) is 9.59 Å². The summed E-state index contributed by atoms with van der Waals surface area (Å²) in [6, 6.07) is 0. The molecule has 57 heavy (non-hydrogen) atoms. The molecule has 0 aromatic heterocycles. The minimum absolute atomic E-state index is 0.0999. The molecule has 9 heteroatoms. The Morgan fingerprint density at radius 2 is 1.42 bits per heavy atom. The second-order valence-electron chi connectivity index (χ2n) is 23.0. The number of carbonyl (C=O) groups is 3. The summed E-state index contributed by atoms with van der Waals surface area (Å²) in [7, 11) is 1.71. The first-order chi connectivity index (χ1) is 26.9. The molecule has 0 bridgehead atoms. The molecule has 1 saturated heterocycles. The van der Waals surface area contributed by atoms with Gasteiger partial charge >= 0.3 is 5.97 Å². The lowest BCUT2D eigenvalue weighted by atomic mass is 9.32. The Morgan fingerprint density at radius 3 is 2.09 bits per heavy atom. The first-order valence-electron chi connectivity index (χ1n) is 23.3. The monoisotopic (exact) mass is 795 g/mol. The molecule has 0 aromatic rings. The van der Waals surface area contributed by atoms with Gasteiger partial charge in [-0.05, 0) is 135 Å². The number of hydrogen-bond donors (Lipinski definition) is 0. The topological polar surface area (TPSA) is 94.6 Å². The summed E-state index contributed by atoms with van der Waals surface area (Å²) in [4.78, 5) is 44.7. The van der Waals surface area contributed by atoms with Crippen molar-refractivity contribution in [1.29, 1.82) is 0 Å². The van der Waals surface area contributed by atoms with E-state index in [0.29, 0.717) is 73.6 Å². The summed E-state index contributed by atoms with van der Waals surface area (Å²) in [6.07, 6.45) is 14.4. The van der Waals surface area contributed by atoms with Gasteiger partial charge in [0.25, 0.3) is 6.47 Å². The fourth-order valence-corrected chi connectivity index (χ4v) is 16.2. The summed E-state index contributed by atoms with van der Waals surface area (Å²) < 4.78 is 22.7. The normalized spacial score (nSPS) is 45.3. The number of rotatable bonds is 12. The fraction of sp³-hybridized carbons (Fsp3) is 0.938. The molecule has 0 N–H and O–H groups in total. The molecular weight excluding hydrogens is 717 g/mol. The zero-order valence-corrected chi connectivity index (χ0v) is 37.3. The molecule has 1 heterocycles. The molecule has 8 rings (SSSR count). The number of nitrogens with zero attached hydrogens (tertiary/aromatic N) is 2. The van der Waals surface area contributed by atoms with Crippen LogP contribution in [0.3, 0.4) is 0 Å². The highest BCUT2D eigenvalue weighted by Gasteiger charge is 2.74. The maximum Gasteiger partial charge on any atom is 0.310 e. The van der Waals surface area contributed by atoms with Gasteiger partial charge < -0.3 is 23.8 Å². The first-order valence-corrected chi connectivity index (χ1v) is 23.3. The number of hydrogen-bond acceptors (Lipinski definition) is 8. The molecule has 1 aliphatic heterocycles. The van der Waals surface area contributed by atoms with Crippen LogP contribution in [0.25, 0.3) is 0 Å². The predicted octanol–water partition coefficient (Wildman–Crippen LogP) is 8.17. The number of esters is 1.